The number of carbonyl (C=O) groups excluding carboxylic acids is 2. The summed E-state index contributed by atoms with van der Waals surface area (Å²) in [7, 11) is 7.54. The summed E-state index contributed by atoms with van der Waals surface area (Å²) in [5.41, 5.74) is -2.80. The zero-order chi connectivity index (χ0) is 29.7. The summed E-state index contributed by atoms with van der Waals surface area (Å²) >= 11 is 0. The number of rotatable bonds is 7. The van der Waals surface area contributed by atoms with Crippen molar-refractivity contribution in [3.05, 3.63) is 77.4 Å². The minimum absolute atomic E-state index is 0.192. The van der Waals surface area contributed by atoms with E-state index in [4.69, 9.17) is 23.7 Å². The zero-order valence-corrected chi connectivity index (χ0v) is 23.7. The van der Waals surface area contributed by atoms with Crippen LogP contribution in [0, 0.1) is 5.92 Å². The molecule has 0 saturated heterocycles. The number of phenols is 1. The molecule has 2 unspecified atom stereocenters. The summed E-state index contributed by atoms with van der Waals surface area (Å²) in [6.07, 6.45) is -1.42. The minimum atomic E-state index is -2.18. The lowest BCUT2D eigenvalue weighted by atomic mass is 9.70. The Morgan fingerprint density at radius 3 is 2.17 bits per heavy atom. The number of ether oxygens (including phenoxy) is 5. The van der Waals surface area contributed by atoms with Gasteiger partial charge in [-0.3, -0.25) is 9.59 Å². The molecule has 0 radical (unpaired) electrons. The molecule has 216 valence electrons. The van der Waals surface area contributed by atoms with Crippen molar-refractivity contribution in [3.63, 3.8) is 0 Å². The van der Waals surface area contributed by atoms with Crippen LogP contribution in [0.4, 0.5) is 0 Å². The van der Waals surface area contributed by atoms with Gasteiger partial charge in [0.05, 0.1) is 32.8 Å². The predicted octanol–water partition coefficient (Wildman–Crippen LogP) is 3.33. The second kappa shape index (κ2) is 10.2. The fraction of sp³-hybridized carbons (Fsp3) is 0.355. The summed E-state index contributed by atoms with van der Waals surface area (Å²) in [6.45, 7) is 1.22. The van der Waals surface area contributed by atoms with Crippen molar-refractivity contribution < 1.29 is 43.5 Å². The van der Waals surface area contributed by atoms with E-state index in [0.29, 0.717) is 16.9 Å². The highest BCUT2D eigenvalue weighted by atomic mass is 16.6. The van der Waals surface area contributed by atoms with E-state index >= 15 is 0 Å². The normalized spacial score (nSPS) is 25.9. The maximum absolute atomic E-state index is 14.0. The lowest BCUT2D eigenvalue weighted by Gasteiger charge is -2.41. The molecule has 1 heterocycles. The van der Waals surface area contributed by atoms with Crippen LogP contribution >= 0.6 is 0 Å². The van der Waals surface area contributed by atoms with Gasteiger partial charge in [-0.05, 0) is 17.7 Å². The molecule has 5 rings (SSSR count). The number of amides is 1. The zero-order valence-electron chi connectivity index (χ0n) is 23.7. The van der Waals surface area contributed by atoms with Crippen LogP contribution in [0.25, 0.3) is 0 Å². The average molecular weight is 564 g/mol. The molecule has 0 bridgehead atoms. The average Bonchev–Trinajstić information content (AvgIpc) is 3.34. The quantitative estimate of drug-likeness (QED) is 0.417. The summed E-state index contributed by atoms with van der Waals surface area (Å²) in [5, 5.41) is 24.1. The molecule has 1 aliphatic heterocycles. The fourth-order valence-electron chi connectivity index (χ4n) is 6.47. The first-order chi connectivity index (χ1) is 19.5. The first-order valence-electron chi connectivity index (χ1n) is 13.0. The van der Waals surface area contributed by atoms with Crippen molar-refractivity contribution in [1.82, 2.24) is 4.90 Å². The number of aromatic hydroxyl groups is 1. The highest BCUT2D eigenvalue weighted by molar-refractivity contribution is 5.84. The van der Waals surface area contributed by atoms with Gasteiger partial charge in [0, 0.05) is 44.6 Å². The van der Waals surface area contributed by atoms with Crippen LogP contribution in [-0.4, -0.2) is 68.5 Å². The monoisotopic (exact) mass is 563 g/mol. The summed E-state index contributed by atoms with van der Waals surface area (Å²) in [5.74, 6) is -2.27. The van der Waals surface area contributed by atoms with Crippen LogP contribution in [0.1, 0.15) is 29.5 Å². The van der Waals surface area contributed by atoms with Crippen LogP contribution in [0.5, 0.6) is 28.7 Å². The molecule has 10 heteroatoms. The van der Waals surface area contributed by atoms with Crippen molar-refractivity contribution >= 4 is 11.9 Å². The van der Waals surface area contributed by atoms with E-state index in [-0.39, 0.29) is 34.5 Å². The Bertz CT molecular complexity index is 1490. The molecule has 1 amide bonds. The number of hydrogen-bond donors (Lipinski definition) is 2. The van der Waals surface area contributed by atoms with E-state index in [1.807, 2.05) is 30.3 Å². The third-order valence-electron chi connectivity index (χ3n) is 8.03. The van der Waals surface area contributed by atoms with E-state index in [0.717, 1.165) is 0 Å². The molecular weight excluding hydrogens is 530 g/mol. The van der Waals surface area contributed by atoms with Crippen molar-refractivity contribution in [3.8, 4) is 28.7 Å². The lowest BCUT2D eigenvalue weighted by molar-refractivity contribution is -0.184. The van der Waals surface area contributed by atoms with E-state index in [1.54, 1.807) is 38.4 Å². The number of benzene rings is 3. The molecule has 0 aromatic heterocycles. The molecule has 10 nitrogen and oxygen atoms in total. The van der Waals surface area contributed by atoms with Crippen LogP contribution in [0.15, 0.2) is 60.7 Å². The highest BCUT2D eigenvalue weighted by Gasteiger charge is 2.79. The van der Waals surface area contributed by atoms with Gasteiger partial charge in [0.25, 0.3) is 0 Å². The maximum Gasteiger partial charge on any atom is 0.303 e. The number of aliphatic hydroxyl groups is 1. The number of phenolic OH excluding ortho intramolecular Hbond substituents is 1. The van der Waals surface area contributed by atoms with E-state index in [2.05, 4.69) is 0 Å². The molecule has 0 spiro atoms. The Morgan fingerprint density at radius 1 is 0.927 bits per heavy atom. The Labute approximate surface area is 238 Å². The van der Waals surface area contributed by atoms with Crippen LogP contribution < -0.4 is 18.9 Å². The topological polar surface area (TPSA) is 124 Å². The van der Waals surface area contributed by atoms with Gasteiger partial charge in [0.1, 0.15) is 17.2 Å². The number of methoxy groups -OCH3 is 3. The first-order valence-corrected chi connectivity index (χ1v) is 13.0. The first kappa shape index (κ1) is 28.1. The van der Waals surface area contributed by atoms with Gasteiger partial charge in [0.15, 0.2) is 28.8 Å². The number of hydrogen-bond acceptors (Lipinski definition) is 9. The van der Waals surface area contributed by atoms with Gasteiger partial charge in [-0.1, -0.05) is 36.4 Å². The van der Waals surface area contributed by atoms with E-state index in [1.165, 1.54) is 39.2 Å². The molecule has 3 aromatic rings. The smallest absolute Gasteiger partial charge is 0.303 e. The van der Waals surface area contributed by atoms with Crippen molar-refractivity contribution in [1.29, 1.82) is 0 Å². The van der Waals surface area contributed by atoms with Crippen molar-refractivity contribution in [2.75, 3.05) is 35.4 Å². The predicted molar refractivity (Wildman–Crippen MR) is 147 cm³/mol. The Balaban J connectivity index is 1.95. The van der Waals surface area contributed by atoms with Gasteiger partial charge in [-0.15, -0.1) is 0 Å². The van der Waals surface area contributed by atoms with Crippen molar-refractivity contribution in [2.24, 2.45) is 5.92 Å². The summed E-state index contributed by atoms with van der Waals surface area (Å²) < 4.78 is 29.2. The van der Waals surface area contributed by atoms with Gasteiger partial charge >= 0.3 is 5.97 Å². The Morgan fingerprint density at radius 2 is 1.61 bits per heavy atom. The summed E-state index contributed by atoms with van der Waals surface area (Å²) in [4.78, 5) is 28.1. The van der Waals surface area contributed by atoms with E-state index < -0.39 is 35.1 Å². The molecule has 5 atom stereocenters. The Kier molecular flexibility index (Phi) is 6.98. The number of fused-ring (bicyclic) bond motifs is 3. The molecule has 1 saturated carbocycles. The number of nitrogens with zero attached hydrogens (tertiary/aromatic N) is 1. The Hall–Kier alpha value is -4.44. The maximum atomic E-state index is 14.0. The third kappa shape index (κ3) is 3.96. The van der Waals surface area contributed by atoms with Crippen LogP contribution in [0.3, 0.4) is 0 Å². The minimum Gasteiger partial charge on any atom is -0.504 e. The molecule has 1 fully saturated rings. The van der Waals surface area contributed by atoms with Gasteiger partial charge in [0.2, 0.25) is 5.91 Å². The van der Waals surface area contributed by atoms with Gasteiger partial charge < -0.3 is 38.8 Å². The largest absolute Gasteiger partial charge is 0.504 e. The number of esters is 1. The molecule has 2 N–H and O–H groups in total. The second-order valence-corrected chi connectivity index (χ2v) is 10.4. The van der Waals surface area contributed by atoms with Crippen LogP contribution in [-0.2, 0) is 25.5 Å². The molecular formula is C31H33NO9. The second-order valence-electron chi connectivity index (χ2n) is 10.4. The number of carbonyl (C=O) groups is 2. The third-order valence-corrected chi connectivity index (χ3v) is 8.03. The SMILES string of the molecule is COc1cc(OC)c2c(c1)O[C@@]1(c3ccc(OC)c(O)c3)[C@H](c3ccccc3)C(C(=O)N(C)C)C(OC(C)=O)[C@@]21O. The molecule has 3 aromatic carbocycles. The van der Waals surface area contributed by atoms with Crippen LogP contribution in [0.2, 0.25) is 0 Å². The molecule has 2 aliphatic rings. The van der Waals surface area contributed by atoms with Crippen molar-refractivity contribution in [2.45, 2.75) is 30.1 Å². The van der Waals surface area contributed by atoms with E-state index in [9.17, 15) is 19.8 Å². The fourth-order valence-corrected chi connectivity index (χ4v) is 6.47. The molecule has 41 heavy (non-hydrogen) atoms. The standard InChI is InChI=1S/C31H33NO9/c1-17(33)40-28-25(29(35)32(2)3)26(18-10-8-7-9-11-18)31(19-12-13-22(38-5)21(34)14-19)30(28,36)27-23(39-6)15-20(37-4)16-24(27)41-31/h7-16,25-26,28,34,36H,1-6H3/t25?,26-,28?,30+,31+/m1/s1. The summed E-state index contributed by atoms with van der Waals surface area (Å²) in [6, 6.07) is 16.9. The van der Waals surface area contributed by atoms with Gasteiger partial charge in [-0.25, -0.2) is 0 Å². The highest BCUT2D eigenvalue weighted by Crippen LogP contribution is 2.71. The lowest BCUT2D eigenvalue weighted by Crippen LogP contribution is -2.53. The molecule has 1 aliphatic carbocycles. The van der Waals surface area contributed by atoms with Gasteiger partial charge in [-0.2, -0.15) is 0 Å².